The molecule has 7 heteroatoms. The van der Waals surface area contributed by atoms with E-state index in [1.54, 1.807) is 66.2 Å². The van der Waals surface area contributed by atoms with Crippen LogP contribution in [0.3, 0.4) is 0 Å². The molecule has 0 spiro atoms. The fraction of sp³-hybridized carbons (Fsp3) is 0.0833. The maximum absolute atomic E-state index is 13.5. The van der Waals surface area contributed by atoms with Gasteiger partial charge in [-0.3, -0.25) is 9.59 Å². The minimum atomic E-state index is -0.399. The van der Waals surface area contributed by atoms with Crippen molar-refractivity contribution < 1.29 is 9.53 Å². The first-order chi connectivity index (χ1) is 14.9. The standard InChI is InChI=1S/C24H18Cl2N2O3/c1-28-19-9-5-3-7-15(19)22(29)21(14-11-12-17(25)18(26)13-14)23(28)27-24(30)16-8-4-6-10-20(16)31-2/h3-13H,1-2H3,(H,27,30). The van der Waals surface area contributed by atoms with Crippen LogP contribution in [-0.2, 0) is 7.05 Å². The van der Waals surface area contributed by atoms with Gasteiger partial charge < -0.3 is 14.6 Å². The zero-order valence-corrected chi connectivity index (χ0v) is 18.3. The van der Waals surface area contributed by atoms with Gasteiger partial charge in [0.25, 0.3) is 5.91 Å². The van der Waals surface area contributed by atoms with E-state index in [0.29, 0.717) is 49.2 Å². The first-order valence-corrected chi connectivity index (χ1v) is 10.2. The zero-order chi connectivity index (χ0) is 22.1. The number of pyridine rings is 1. The number of halogens is 2. The molecule has 0 bridgehead atoms. The molecule has 156 valence electrons. The molecule has 0 atom stereocenters. The number of methoxy groups -OCH3 is 1. The van der Waals surface area contributed by atoms with E-state index in [9.17, 15) is 9.59 Å². The van der Waals surface area contributed by atoms with Crippen molar-refractivity contribution in [1.82, 2.24) is 4.57 Å². The molecule has 1 N–H and O–H groups in total. The van der Waals surface area contributed by atoms with Gasteiger partial charge in [-0.25, -0.2) is 0 Å². The normalized spacial score (nSPS) is 10.8. The number of carbonyl (C=O) groups is 1. The molecular weight excluding hydrogens is 435 g/mol. The smallest absolute Gasteiger partial charge is 0.260 e. The molecular formula is C24H18Cl2N2O3. The molecule has 4 aromatic rings. The number of hydrogen-bond acceptors (Lipinski definition) is 3. The highest BCUT2D eigenvalue weighted by Crippen LogP contribution is 2.33. The molecule has 0 saturated carbocycles. The number of para-hydroxylation sites is 2. The molecule has 0 aliphatic heterocycles. The number of nitrogens with one attached hydrogen (secondary N) is 1. The summed E-state index contributed by atoms with van der Waals surface area (Å²) in [6, 6.07) is 19.1. The van der Waals surface area contributed by atoms with Crippen molar-refractivity contribution in [1.29, 1.82) is 0 Å². The molecule has 0 fully saturated rings. The van der Waals surface area contributed by atoms with Gasteiger partial charge in [-0.05, 0) is 42.0 Å². The molecule has 0 radical (unpaired) electrons. The van der Waals surface area contributed by atoms with Crippen molar-refractivity contribution in [3.05, 3.63) is 92.6 Å². The number of carbonyl (C=O) groups excluding carboxylic acids is 1. The van der Waals surface area contributed by atoms with Crippen LogP contribution in [0.2, 0.25) is 10.0 Å². The Morgan fingerprint density at radius 2 is 1.68 bits per heavy atom. The molecule has 0 aliphatic carbocycles. The molecule has 5 nitrogen and oxygen atoms in total. The van der Waals surface area contributed by atoms with Gasteiger partial charge >= 0.3 is 0 Å². The SMILES string of the molecule is COc1ccccc1C(=O)Nc1c(-c2ccc(Cl)c(Cl)c2)c(=O)c2ccccc2n1C. The Bertz CT molecular complexity index is 1380. The Balaban J connectivity index is 1.97. The van der Waals surface area contributed by atoms with Crippen molar-refractivity contribution in [3.8, 4) is 16.9 Å². The van der Waals surface area contributed by atoms with E-state index in [1.807, 2.05) is 12.1 Å². The van der Waals surface area contributed by atoms with Crippen LogP contribution in [0.4, 0.5) is 5.82 Å². The topological polar surface area (TPSA) is 60.3 Å². The molecule has 31 heavy (non-hydrogen) atoms. The second-order valence-electron chi connectivity index (χ2n) is 6.91. The molecule has 0 saturated heterocycles. The summed E-state index contributed by atoms with van der Waals surface area (Å²) in [7, 11) is 3.29. The monoisotopic (exact) mass is 452 g/mol. The van der Waals surface area contributed by atoms with Crippen molar-refractivity contribution >= 4 is 45.8 Å². The number of fused-ring (bicyclic) bond motifs is 1. The van der Waals surface area contributed by atoms with Crippen LogP contribution in [0.1, 0.15) is 10.4 Å². The summed E-state index contributed by atoms with van der Waals surface area (Å²) in [5.74, 6) is 0.379. The highest BCUT2D eigenvalue weighted by atomic mass is 35.5. The maximum Gasteiger partial charge on any atom is 0.260 e. The fourth-order valence-electron chi connectivity index (χ4n) is 3.56. The first kappa shape index (κ1) is 21.0. The van der Waals surface area contributed by atoms with Gasteiger partial charge in [0.15, 0.2) is 5.43 Å². The first-order valence-electron chi connectivity index (χ1n) is 9.44. The zero-order valence-electron chi connectivity index (χ0n) is 16.8. The van der Waals surface area contributed by atoms with E-state index in [4.69, 9.17) is 27.9 Å². The van der Waals surface area contributed by atoms with Crippen LogP contribution >= 0.6 is 23.2 Å². The van der Waals surface area contributed by atoms with Crippen LogP contribution in [0, 0.1) is 0 Å². The Morgan fingerprint density at radius 1 is 0.968 bits per heavy atom. The largest absolute Gasteiger partial charge is 0.496 e. The highest BCUT2D eigenvalue weighted by molar-refractivity contribution is 6.42. The summed E-state index contributed by atoms with van der Waals surface area (Å²) in [6.45, 7) is 0. The number of hydrogen-bond donors (Lipinski definition) is 1. The van der Waals surface area contributed by atoms with Gasteiger partial charge in [0.1, 0.15) is 11.6 Å². The van der Waals surface area contributed by atoms with Gasteiger partial charge in [0, 0.05) is 12.4 Å². The fourth-order valence-corrected chi connectivity index (χ4v) is 3.86. The third-order valence-corrected chi connectivity index (χ3v) is 5.84. The second kappa shape index (κ2) is 8.46. The third kappa shape index (κ3) is 3.78. The Morgan fingerprint density at radius 3 is 2.42 bits per heavy atom. The van der Waals surface area contributed by atoms with Crippen molar-refractivity contribution in [2.45, 2.75) is 0 Å². The summed E-state index contributed by atoms with van der Waals surface area (Å²) in [5.41, 5.74) is 1.69. The average Bonchev–Trinajstić information content (AvgIpc) is 2.79. The summed E-state index contributed by atoms with van der Waals surface area (Å²) >= 11 is 12.3. The predicted octanol–water partition coefficient (Wildman–Crippen LogP) is 5.77. The van der Waals surface area contributed by atoms with Crippen LogP contribution in [0.5, 0.6) is 5.75 Å². The minimum Gasteiger partial charge on any atom is -0.496 e. The lowest BCUT2D eigenvalue weighted by molar-refractivity contribution is 0.102. The highest BCUT2D eigenvalue weighted by Gasteiger charge is 2.21. The van der Waals surface area contributed by atoms with Gasteiger partial charge in [-0.15, -0.1) is 0 Å². The number of ether oxygens (including phenoxy) is 1. The summed E-state index contributed by atoms with van der Waals surface area (Å²) < 4.78 is 7.09. The van der Waals surface area contributed by atoms with E-state index < -0.39 is 5.91 Å². The number of aryl methyl sites for hydroxylation is 1. The van der Waals surface area contributed by atoms with Crippen molar-refractivity contribution in [2.24, 2.45) is 7.05 Å². The van der Waals surface area contributed by atoms with E-state index in [0.717, 1.165) is 0 Å². The Kier molecular flexibility index (Phi) is 5.72. The van der Waals surface area contributed by atoms with Gasteiger partial charge in [0.2, 0.25) is 0 Å². The summed E-state index contributed by atoms with van der Waals surface area (Å²) in [5, 5.41) is 4.13. The maximum atomic E-state index is 13.5. The Labute approximate surface area is 188 Å². The predicted molar refractivity (Wildman–Crippen MR) is 126 cm³/mol. The lowest BCUT2D eigenvalue weighted by Gasteiger charge is -2.19. The molecule has 0 unspecified atom stereocenters. The average molecular weight is 453 g/mol. The molecule has 4 rings (SSSR count). The lowest BCUT2D eigenvalue weighted by atomic mass is 10.0. The molecule has 3 aromatic carbocycles. The quantitative estimate of drug-likeness (QED) is 0.427. The molecule has 1 aromatic heterocycles. The number of anilines is 1. The van der Waals surface area contributed by atoms with E-state index >= 15 is 0 Å². The Hall–Kier alpha value is -3.28. The number of rotatable bonds is 4. The number of aromatic nitrogens is 1. The van der Waals surface area contributed by atoms with E-state index in [-0.39, 0.29) is 5.43 Å². The number of benzene rings is 3. The molecule has 1 amide bonds. The summed E-state index contributed by atoms with van der Waals surface area (Å²) in [6.07, 6.45) is 0. The molecule has 0 aliphatic rings. The van der Waals surface area contributed by atoms with Gasteiger partial charge in [-0.2, -0.15) is 0 Å². The lowest BCUT2D eigenvalue weighted by Crippen LogP contribution is -2.21. The number of nitrogens with zero attached hydrogens (tertiary/aromatic N) is 1. The van der Waals surface area contributed by atoms with E-state index in [1.165, 1.54) is 7.11 Å². The van der Waals surface area contributed by atoms with Crippen LogP contribution < -0.4 is 15.5 Å². The van der Waals surface area contributed by atoms with Crippen molar-refractivity contribution in [2.75, 3.05) is 12.4 Å². The summed E-state index contributed by atoms with van der Waals surface area (Å²) in [4.78, 5) is 26.6. The molecule has 1 heterocycles. The van der Waals surface area contributed by atoms with Crippen LogP contribution in [-0.4, -0.2) is 17.6 Å². The van der Waals surface area contributed by atoms with Crippen LogP contribution in [0.15, 0.2) is 71.5 Å². The third-order valence-electron chi connectivity index (χ3n) is 5.10. The van der Waals surface area contributed by atoms with Gasteiger partial charge in [-0.1, -0.05) is 53.5 Å². The van der Waals surface area contributed by atoms with Gasteiger partial charge in [0.05, 0.1) is 33.8 Å². The van der Waals surface area contributed by atoms with Crippen molar-refractivity contribution in [3.63, 3.8) is 0 Å². The van der Waals surface area contributed by atoms with Crippen LogP contribution in [0.25, 0.3) is 22.0 Å². The van der Waals surface area contributed by atoms with E-state index in [2.05, 4.69) is 5.32 Å². The second-order valence-corrected chi connectivity index (χ2v) is 7.73. The minimum absolute atomic E-state index is 0.220. The number of amides is 1.